The predicted octanol–water partition coefficient (Wildman–Crippen LogP) is -0.653. The van der Waals surface area contributed by atoms with E-state index in [4.69, 9.17) is 20.4 Å². The van der Waals surface area contributed by atoms with Gasteiger partial charge in [-0.05, 0) is 54.4 Å². The van der Waals surface area contributed by atoms with Crippen LogP contribution in [0.15, 0.2) is 0 Å². The Balaban J connectivity index is -0.0000000843. The number of hydrogen-bond donors (Lipinski definition) is 4. The number of aliphatic hydroxyl groups is 4. The van der Waals surface area contributed by atoms with Crippen LogP contribution in [0, 0.1) is 0 Å². The van der Waals surface area contributed by atoms with Gasteiger partial charge in [-0.1, -0.05) is 26.7 Å². The summed E-state index contributed by atoms with van der Waals surface area (Å²) in [4.78, 5) is 20.1. The molecular weight excluding hydrogens is 392 g/mol. The number of aliphatic carboxylic acids is 2. The third kappa shape index (κ3) is 37.0. The summed E-state index contributed by atoms with van der Waals surface area (Å²) >= 11 is 0. The first-order valence-electron chi connectivity index (χ1n) is 8.71. The zero-order chi connectivity index (χ0) is 22.1. The van der Waals surface area contributed by atoms with E-state index in [2.05, 4.69) is 0 Å². The number of carbonyl (C=O) groups is 2. The number of rotatable bonds is 6. The van der Waals surface area contributed by atoms with Crippen LogP contribution in [-0.4, -0.2) is 55.8 Å². The van der Waals surface area contributed by atoms with Crippen molar-refractivity contribution in [2.75, 3.05) is 0 Å². The average Bonchev–Trinajstić information content (AvgIpc) is 2.37. The molecule has 0 amide bonds. The van der Waals surface area contributed by atoms with E-state index in [1.807, 2.05) is 0 Å². The van der Waals surface area contributed by atoms with Crippen molar-refractivity contribution in [3.63, 3.8) is 0 Å². The topological polar surface area (TPSA) is 161 Å². The third-order valence-electron chi connectivity index (χ3n) is 2.35. The summed E-state index contributed by atoms with van der Waals surface area (Å²) < 4.78 is 0. The Labute approximate surface area is 178 Å². The normalized spacial score (nSPS) is 13.9. The fourth-order valence-corrected chi connectivity index (χ4v) is 1.18. The molecule has 162 valence electrons. The molecule has 0 aliphatic carbocycles. The van der Waals surface area contributed by atoms with Gasteiger partial charge in [-0.25, -0.2) is 0 Å². The monoisotopic (exact) mass is 430 g/mol. The molecule has 0 aromatic heterocycles. The summed E-state index contributed by atoms with van der Waals surface area (Å²) in [5.74, 6) is -2.80. The van der Waals surface area contributed by atoms with Gasteiger partial charge in [-0.2, -0.15) is 0 Å². The predicted molar refractivity (Wildman–Crippen MR) is 95.8 cm³/mol. The zero-order valence-electron chi connectivity index (χ0n) is 17.9. The molecule has 0 aliphatic heterocycles. The maximum Gasteiger partial charge on any atom is 2.00 e. The van der Waals surface area contributed by atoms with Gasteiger partial charge in [0.25, 0.3) is 0 Å². The minimum Gasteiger partial charge on any atom is -0.547 e. The fraction of sp³-hybridized carbons (Fsp3) is 0.889. The summed E-state index contributed by atoms with van der Waals surface area (Å²) in [5.41, 5.74) is -3.29. The quantitative estimate of drug-likeness (QED) is 0.404. The standard InChI is InChI=1S/2C6H12O3.2C3H8O.Ti/c2*1-3-4-6(2,9)5(7)8;2*1-3(2)4;/h2*9H,3-4H2,1-2H3,(H,7,8);2*3-4H,1-2H3;/q;;;;+2/p-2. The van der Waals surface area contributed by atoms with E-state index < -0.39 is 23.1 Å². The Bertz CT molecular complexity index is 316. The first-order chi connectivity index (χ1) is 11.5. The molecule has 27 heavy (non-hydrogen) atoms. The Hall–Kier alpha value is -0.506. The molecule has 0 aromatic rings. The van der Waals surface area contributed by atoms with E-state index in [0.717, 1.165) is 0 Å². The fourth-order valence-electron chi connectivity index (χ4n) is 1.18. The van der Waals surface area contributed by atoms with Gasteiger partial charge in [0.05, 0.1) is 11.9 Å². The van der Waals surface area contributed by atoms with Crippen molar-refractivity contribution >= 4 is 11.9 Å². The largest absolute Gasteiger partial charge is 2.00 e. The zero-order valence-corrected chi connectivity index (χ0v) is 19.5. The van der Waals surface area contributed by atoms with Crippen molar-refractivity contribution in [3.05, 3.63) is 0 Å². The number of carboxylic acid groups (broad SMARTS) is 2. The number of hydrogen-bond acceptors (Lipinski definition) is 8. The SMILES string of the molecule is CC(C)O.CC(C)O.CCCC(C)(O)C(=O)[O-].CCCC(C)(O)C(=O)[O-].[Ti+2]. The van der Waals surface area contributed by atoms with Gasteiger partial charge in [-0.3, -0.25) is 0 Å². The van der Waals surface area contributed by atoms with E-state index in [9.17, 15) is 19.8 Å². The first-order valence-corrected chi connectivity index (χ1v) is 8.71. The minimum atomic E-state index is -1.64. The molecular formula is C18H38O8Ti. The Morgan fingerprint density at radius 2 is 0.926 bits per heavy atom. The Kier molecular flexibility index (Phi) is 27.9. The maximum atomic E-state index is 10.0. The van der Waals surface area contributed by atoms with Crippen molar-refractivity contribution in [2.24, 2.45) is 0 Å². The third-order valence-corrected chi connectivity index (χ3v) is 2.35. The van der Waals surface area contributed by atoms with Crippen molar-refractivity contribution in [1.29, 1.82) is 0 Å². The summed E-state index contributed by atoms with van der Waals surface area (Å²) in [6, 6.07) is 0. The summed E-state index contributed by atoms with van der Waals surface area (Å²) in [6.45, 7) is 13.0. The Morgan fingerprint density at radius 3 is 0.963 bits per heavy atom. The van der Waals surface area contributed by atoms with Crippen LogP contribution < -0.4 is 10.2 Å². The van der Waals surface area contributed by atoms with Crippen molar-refractivity contribution < 1.29 is 61.9 Å². The molecule has 2 atom stereocenters. The number of carbonyl (C=O) groups excluding carboxylic acids is 2. The van der Waals surface area contributed by atoms with Crippen molar-refractivity contribution in [3.8, 4) is 0 Å². The van der Waals surface area contributed by atoms with Crippen LogP contribution in [0.4, 0.5) is 0 Å². The van der Waals surface area contributed by atoms with E-state index in [1.54, 1.807) is 41.5 Å². The van der Waals surface area contributed by atoms with Crippen molar-refractivity contribution in [1.82, 2.24) is 0 Å². The van der Waals surface area contributed by atoms with Crippen LogP contribution in [0.3, 0.4) is 0 Å². The number of aliphatic hydroxyl groups excluding tert-OH is 2. The second-order valence-electron chi connectivity index (χ2n) is 6.81. The molecule has 9 heteroatoms. The van der Waals surface area contributed by atoms with Crippen LogP contribution >= 0.6 is 0 Å². The second kappa shape index (κ2) is 20.2. The van der Waals surface area contributed by atoms with Crippen LogP contribution in [0.5, 0.6) is 0 Å². The molecule has 0 aromatic carbocycles. The molecule has 2 unspecified atom stereocenters. The first kappa shape index (κ1) is 37.3. The van der Waals surface area contributed by atoms with E-state index >= 15 is 0 Å². The Morgan fingerprint density at radius 1 is 0.778 bits per heavy atom. The van der Waals surface area contributed by atoms with Gasteiger partial charge in [0.1, 0.15) is 11.2 Å². The van der Waals surface area contributed by atoms with Crippen LogP contribution in [-0.2, 0) is 31.3 Å². The smallest absolute Gasteiger partial charge is 0.547 e. The minimum absolute atomic E-state index is 0. The molecule has 0 saturated carbocycles. The van der Waals surface area contributed by atoms with E-state index in [-0.39, 0.29) is 46.8 Å². The molecule has 0 saturated heterocycles. The molecule has 0 rings (SSSR count). The molecule has 0 bridgehead atoms. The van der Waals surface area contributed by atoms with Gasteiger partial charge in [0.2, 0.25) is 0 Å². The second-order valence-corrected chi connectivity index (χ2v) is 6.81. The molecule has 0 fully saturated rings. The van der Waals surface area contributed by atoms with Gasteiger partial charge < -0.3 is 40.2 Å². The van der Waals surface area contributed by atoms with Crippen molar-refractivity contribution in [2.45, 2.75) is 104 Å². The van der Waals surface area contributed by atoms with Gasteiger partial charge >= 0.3 is 21.7 Å². The number of carboxylic acids is 2. The van der Waals surface area contributed by atoms with Gasteiger partial charge in [0.15, 0.2) is 0 Å². The van der Waals surface area contributed by atoms with E-state index in [1.165, 1.54) is 13.8 Å². The molecule has 0 aliphatic rings. The van der Waals surface area contributed by atoms with Crippen LogP contribution in [0.25, 0.3) is 0 Å². The summed E-state index contributed by atoms with van der Waals surface area (Å²) in [5, 5.41) is 54.1. The molecule has 0 spiro atoms. The van der Waals surface area contributed by atoms with Crippen LogP contribution in [0.1, 0.15) is 81.1 Å². The summed E-state index contributed by atoms with van der Waals surface area (Å²) in [6.07, 6.45) is 1.44. The average molecular weight is 430 g/mol. The maximum absolute atomic E-state index is 10.0. The molecule has 8 nitrogen and oxygen atoms in total. The van der Waals surface area contributed by atoms with Crippen LogP contribution in [0.2, 0.25) is 0 Å². The summed E-state index contributed by atoms with van der Waals surface area (Å²) in [7, 11) is 0. The van der Waals surface area contributed by atoms with Gasteiger partial charge in [0, 0.05) is 12.2 Å². The van der Waals surface area contributed by atoms with E-state index in [0.29, 0.717) is 12.8 Å². The molecule has 0 heterocycles. The molecule has 0 radical (unpaired) electrons. The molecule has 4 N–H and O–H groups in total. The van der Waals surface area contributed by atoms with Gasteiger partial charge in [-0.15, -0.1) is 0 Å².